The Morgan fingerprint density at radius 1 is 1.24 bits per heavy atom. The molecule has 2 rings (SSSR count). The van der Waals surface area contributed by atoms with Crippen LogP contribution >= 0.6 is 11.6 Å². The van der Waals surface area contributed by atoms with Crippen molar-refractivity contribution >= 4 is 23.5 Å². The van der Waals surface area contributed by atoms with Crippen LogP contribution in [0, 0.1) is 0 Å². The Balaban J connectivity index is 1.92. The minimum absolute atomic E-state index is 0.0157. The first-order valence-corrected chi connectivity index (χ1v) is 7.83. The van der Waals surface area contributed by atoms with Crippen LogP contribution in [0.1, 0.15) is 44.6 Å². The number of amides is 3. The number of nitrogens with one attached hydrogen (secondary N) is 1. The van der Waals surface area contributed by atoms with Crippen molar-refractivity contribution in [2.45, 2.75) is 51.6 Å². The minimum Gasteiger partial charge on any atom is -0.334 e. The van der Waals surface area contributed by atoms with E-state index in [1.54, 1.807) is 12.1 Å². The van der Waals surface area contributed by atoms with Gasteiger partial charge >= 0.3 is 6.03 Å². The molecule has 1 aliphatic rings. The molecule has 0 aromatic heterocycles. The lowest BCUT2D eigenvalue weighted by molar-refractivity contribution is -0.130. The van der Waals surface area contributed by atoms with Gasteiger partial charge in [0.2, 0.25) is 5.91 Å². The number of unbranched alkanes of at least 4 members (excludes halogenated alkanes) is 2. The van der Waals surface area contributed by atoms with Crippen LogP contribution in [0.5, 0.6) is 0 Å². The van der Waals surface area contributed by atoms with Crippen molar-refractivity contribution in [3.8, 4) is 0 Å². The summed E-state index contributed by atoms with van der Waals surface area (Å²) < 4.78 is 0. The van der Waals surface area contributed by atoms with Gasteiger partial charge in [-0.2, -0.15) is 0 Å². The standard InChI is InChI=1S/C16H21ClN2O2/c1-2-3-4-5-14-10-15(20)19(16(21)18-14)11-12-6-8-13(17)9-7-12/h6-9,14H,2-5,10-11H2,1H3,(H,18,21). The van der Waals surface area contributed by atoms with Gasteiger partial charge in [0, 0.05) is 17.5 Å². The van der Waals surface area contributed by atoms with E-state index in [9.17, 15) is 9.59 Å². The van der Waals surface area contributed by atoms with E-state index < -0.39 is 0 Å². The highest BCUT2D eigenvalue weighted by molar-refractivity contribution is 6.30. The largest absolute Gasteiger partial charge is 0.334 e. The van der Waals surface area contributed by atoms with Crippen molar-refractivity contribution in [2.24, 2.45) is 0 Å². The number of hydrogen-bond acceptors (Lipinski definition) is 2. The van der Waals surface area contributed by atoms with Crippen LogP contribution in [0.3, 0.4) is 0 Å². The molecule has 4 nitrogen and oxygen atoms in total. The van der Waals surface area contributed by atoms with Crippen molar-refractivity contribution < 1.29 is 9.59 Å². The number of carbonyl (C=O) groups is 2. The molecule has 0 radical (unpaired) electrons. The zero-order valence-corrected chi connectivity index (χ0v) is 13.0. The summed E-state index contributed by atoms with van der Waals surface area (Å²) in [5.41, 5.74) is 0.896. The van der Waals surface area contributed by atoms with Crippen LogP contribution < -0.4 is 5.32 Å². The zero-order valence-electron chi connectivity index (χ0n) is 12.3. The normalized spacial score (nSPS) is 18.8. The van der Waals surface area contributed by atoms with Gasteiger partial charge in [-0.15, -0.1) is 0 Å². The third-order valence-electron chi connectivity index (χ3n) is 3.70. The summed E-state index contributed by atoms with van der Waals surface area (Å²) in [4.78, 5) is 25.5. The van der Waals surface area contributed by atoms with Gasteiger partial charge in [0.15, 0.2) is 0 Å². The fourth-order valence-electron chi connectivity index (χ4n) is 2.49. The van der Waals surface area contributed by atoms with Crippen molar-refractivity contribution in [1.82, 2.24) is 10.2 Å². The maximum absolute atomic E-state index is 12.2. The van der Waals surface area contributed by atoms with Gasteiger partial charge in [0.1, 0.15) is 0 Å². The Hall–Kier alpha value is -1.55. The van der Waals surface area contributed by atoms with Crippen LogP contribution in [0.25, 0.3) is 0 Å². The topological polar surface area (TPSA) is 49.4 Å². The van der Waals surface area contributed by atoms with Gasteiger partial charge in [-0.3, -0.25) is 9.69 Å². The molecule has 114 valence electrons. The van der Waals surface area contributed by atoms with Crippen LogP contribution in [-0.4, -0.2) is 22.9 Å². The summed E-state index contributed by atoms with van der Waals surface area (Å²) in [5.74, 6) is -0.102. The smallest absolute Gasteiger partial charge is 0.324 e. The lowest BCUT2D eigenvalue weighted by atomic mass is 10.0. The van der Waals surface area contributed by atoms with Gasteiger partial charge in [0.05, 0.1) is 6.54 Å². The molecule has 0 bridgehead atoms. The molecule has 1 aliphatic heterocycles. The first-order chi connectivity index (χ1) is 10.1. The summed E-state index contributed by atoms with van der Waals surface area (Å²) in [7, 11) is 0. The molecule has 3 amide bonds. The summed E-state index contributed by atoms with van der Waals surface area (Å²) in [6, 6.07) is 6.88. The fourth-order valence-corrected chi connectivity index (χ4v) is 2.61. The monoisotopic (exact) mass is 308 g/mol. The molecule has 1 saturated heterocycles. The number of rotatable bonds is 6. The molecular weight excluding hydrogens is 288 g/mol. The molecule has 1 unspecified atom stereocenters. The number of benzene rings is 1. The summed E-state index contributed by atoms with van der Waals surface area (Å²) in [6.45, 7) is 2.43. The second kappa shape index (κ2) is 7.46. The van der Waals surface area contributed by atoms with E-state index >= 15 is 0 Å². The Morgan fingerprint density at radius 3 is 2.57 bits per heavy atom. The Labute approximate surface area is 130 Å². The van der Waals surface area contributed by atoms with Crippen LogP contribution in [0.15, 0.2) is 24.3 Å². The first kappa shape index (κ1) is 15.8. The molecule has 5 heteroatoms. The van der Waals surface area contributed by atoms with Crippen LogP contribution in [0.4, 0.5) is 4.79 Å². The lowest BCUT2D eigenvalue weighted by Crippen LogP contribution is -2.54. The lowest BCUT2D eigenvalue weighted by Gasteiger charge is -2.31. The van der Waals surface area contributed by atoms with E-state index in [1.165, 1.54) is 4.90 Å². The van der Waals surface area contributed by atoms with E-state index in [-0.39, 0.29) is 18.0 Å². The third-order valence-corrected chi connectivity index (χ3v) is 3.96. The van der Waals surface area contributed by atoms with Crippen LogP contribution in [-0.2, 0) is 11.3 Å². The number of carbonyl (C=O) groups excluding carboxylic acids is 2. The molecule has 0 spiro atoms. The Morgan fingerprint density at radius 2 is 1.95 bits per heavy atom. The second-order valence-electron chi connectivity index (χ2n) is 5.45. The SMILES string of the molecule is CCCCCC1CC(=O)N(Cc2ccc(Cl)cc2)C(=O)N1. The van der Waals surface area contributed by atoms with Gasteiger partial charge in [-0.1, -0.05) is 49.9 Å². The maximum atomic E-state index is 12.2. The average Bonchev–Trinajstić information content (AvgIpc) is 2.45. The minimum atomic E-state index is -0.289. The molecule has 0 saturated carbocycles. The average molecular weight is 309 g/mol. The van der Waals surface area contributed by atoms with E-state index in [0.717, 1.165) is 31.2 Å². The summed E-state index contributed by atoms with van der Waals surface area (Å²) >= 11 is 5.83. The summed E-state index contributed by atoms with van der Waals surface area (Å²) in [5, 5.41) is 3.57. The molecule has 21 heavy (non-hydrogen) atoms. The third kappa shape index (κ3) is 4.46. The van der Waals surface area contributed by atoms with E-state index in [1.807, 2.05) is 12.1 Å². The quantitative estimate of drug-likeness (QED) is 0.814. The molecule has 1 heterocycles. The molecule has 0 aliphatic carbocycles. The fraction of sp³-hybridized carbons (Fsp3) is 0.500. The van der Waals surface area contributed by atoms with Gasteiger partial charge in [-0.25, -0.2) is 4.79 Å². The Bertz CT molecular complexity index is 484. The predicted octanol–water partition coefficient (Wildman–Crippen LogP) is 3.73. The molecular formula is C16H21ClN2O2. The molecule has 1 N–H and O–H groups in total. The number of urea groups is 1. The maximum Gasteiger partial charge on any atom is 0.324 e. The highest BCUT2D eigenvalue weighted by atomic mass is 35.5. The molecule has 1 atom stereocenters. The van der Waals surface area contributed by atoms with Gasteiger partial charge < -0.3 is 5.32 Å². The number of imide groups is 1. The van der Waals surface area contributed by atoms with E-state index in [2.05, 4.69) is 12.2 Å². The highest BCUT2D eigenvalue weighted by Crippen LogP contribution is 2.17. The molecule has 1 aromatic rings. The van der Waals surface area contributed by atoms with E-state index in [0.29, 0.717) is 18.0 Å². The second-order valence-corrected chi connectivity index (χ2v) is 5.89. The van der Waals surface area contributed by atoms with Gasteiger partial charge in [-0.05, 0) is 24.1 Å². The first-order valence-electron chi connectivity index (χ1n) is 7.45. The van der Waals surface area contributed by atoms with Gasteiger partial charge in [0.25, 0.3) is 0 Å². The molecule has 1 aromatic carbocycles. The van der Waals surface area contributed by atoms with Crippen molar-refractivity contribution in [2.75, 3.05) is 0 Å². The predicted molar refractivity (Wildman–Crippen MR) is 83.1 cm³/mol. The number of halogens is 1. The van der Waals surface area contributed by atoms with E-state index in [4.69, 9.17) is 11.6 Å². The Kier molecular flexibility index (Phi) is 5.62. The number of hydrogen-bond donors (Lipinski definition) is 1. The molecule has 1 fully saturated rings. The van der Waals surface area contributed by atoms with Crippen molar-refractivity contribution in [1.29, 1.82) is 0 Å². The highest BCUT2D eigenvalue weighted by Gasteiger charge is 2.31. The number of nitrogens with zero attached hydrogens (tertiary/aromatic N) is 1. The van der Waals surface area contributed by atoms with Crippen LogP contribution in [0.2, 0.25) is 5.02 Å². The van der Waals surface area contributed by atoms with Crippen molar-refractivity contribution in [3.63, 3.8) is 0 Å². The summed E-state index contributed by atoms with van der Waals surface area (Å²) in [6.07, 6.45) is 4.58. The van der Waals surface area contributed by atoms with Crippen molar-refractivity contribution in [3.05, 3.63) is 34.9 Å². The zero-order chi connectivity index (χ0) is 15.2.